The Morgan fingerprint density at radius 2 is 1.94 bits per heavy atom. The predicted molar refractivity (Wildman–Crippen MR) is 76.5 cm³/mol. The number of hydrogen-bond donors (Lipinski definition) is 2. The fourth-order valence-electron chi connectivity index (χ4n) is 1.34. The molecule has 1 unspecified atom stereocenters. The molecule has 3 N–H and O–H groups in total. The van der Waals surface area contributed by atoms with Gasteiger partial charge in [0.2, 0.25) is 11.8 Å². The molecule has 0 heterocycles. The number of hydrogen-bond acceptors (Lipinski definition) is 4. The van der Waals surface area contributed by atoms with E-state index in [1.807, 2.05) is 27.7 Å². The summed E-state index contributed by atoms with van der Waals surface area (Å²) in [6.07, 6.45) is 0. The van der Waals surface area contributed by atoms with Crippen LogP contribution >= 0.6 is 11.8 Å². The first kappa shape index (κ1) is 17.2. The molecule has 0 aromatic rings. The summed E-state index contributed by atoms with van der Waals surface area (Å²) in [6.45, 7) is 8.25. The van der Waals surface area contributed by atoms with Crippen molar-refractivity contribution in [1.29, 1.82) is 0 Å². The van der Waals surface area contributed by atoms with E-state index in [-0.39, 0.29) is 30.4 Å². The molecule has 0 rings (SSSR count). The van der Waals surface area contributed by atoms with E-state index in [0.717, 1.165) is 5.75 Å². The Labute approximate surface area is 114 Å². The maximum atomic E-state index is 11.9. The highest BCUT2D eigenvalue weighted by Crippen LogP contribution is 2.04. The molecule has 0 aromatic carbocycles. The first-order chi connectivity index (χ1) is 8.36. The van der Waals surface area contributed by atoms with Gasteiger partial charge in [0.1, 0.15) is 0 Å². The van der Waals surface area contributed by atoms with Crippen molar-refractivity contribution in [2.24, 2.45) is 5.73 Å². The van der Waals surface area contributed by atoms with E-state index in [1.54, 1.807) is 4.90 Å². The van der Waals surface area contributed by atoms with Gasteiger partial charge >= 0.3 is 0 Å². The normalized spacial score (nSPS) is 12.3. The molecular weight excluding hydrogens is 250 g/mol. The summed E-state index contributed by atoms with van der Waals surface area (Å²) in [5, 5.41) is 2.78. The van der Waals surface area contributed by atoms with Crippen molar-refractivity contribution in [3.05, 3.63) is 0 Å². The average molecular weight is 275 g/mol. The van der Waals surface area contributed by atoms with Crippen molar-refractivity contribution >= 4 is 23.6 Å². The lowest BCUT2D eigenvalue weighted by Gasteiger charge is -2.21. The molecule has 0 radical (unpaired) electrons. The topological polar surface area (TPSA) is 75.4 Å². The van der Waals surface area contributed by atoms with Crippen molar-refractivity contribution in [2.75, 3.05) is 24.6 Å². The van der Waals surface area contributed by atoms with Crippen molar-refractivity contribution in [3.63, 3.8) is 0 Å². The van der Waals surface area contributed by atoms with Crippen LogP contribution in [-0.4, -0.2) is 53.4 Å². The van der Waals surface area contributed by atoms with E-state index in [9.17, 15) is 9.59 Å². The van der Waals surface area contributed by atoms with E-state index in [0.29, 0.717) is 12.3 Å². The van der Waals surface area contributed by atoms with E-state index >= 15 is 0 Å². The van der Waals surface area contributed by atoms with Crippen LogP contribution in [0, 0.1) is 0 Å². The van der Waals surface area contributed by atoms with Gasteiger partial charge < -0.3 is 16.0 Å². The number of nitrogens with one attached hydrogen (secondary N) is 1. The number of thioether (sulfide) groups is 1. The maximum Gasteiger partial charge on any atom is 0.239 e. The van der Waals surface area contributed by atoms with Crippen molar-refractivity contribution < 1.29 is 9.59 Å². The van der Waals surface area contributed by atoms with Crippen LogP contribution in [0.5, 0.6) is 0 Å². The zero-order valence-electron chi connectivity index (χ0n) is 11.7. The minimum absolute atomic E-state index is 0.0120. The quantitative estimate of drug-likeness (QED) is 0.674. The van der Waals surface area contributed by atoms with Crippen LogP contribution in [0.25, 0.3) is 0 Å². The zero-order valence-corrected chi connectivity index (χ0v) is 12.5. The van der Waals surface area contributed by atoms with Crippen molar-refractivity contribution in [1.82, 2.24) is 10.2 Å². The number of carbonyl (C=O) groups excluding carboxylic acids is 2. The molecule has 0 aliphatic carbocycles. The van der Waals surface area contributed by atoms with Gasteiger partial charge in [0.05, 0.1) is 12.3 Å². The predicted octanol–water partition coefficient (Wildman–Crippen LogP) is 0.440. The third-order valence-corrected chi connectivity index (χ3v) is 3.34. The molecule has 0 spiro atoms. The third-order valence-electron chi connectivity index (χ3n) is 2.12. The summed E-state index contributed by atoms with van der Waals surface area (Å²) >= 11 is 1.51. The Bertz CT molecular complexity index is 270. The van der Waals surface area contributed by atoms with Gasteiger partial charge in [-0.05, 0) is 27.7 Å². The van der Waals surface area contributed by atoms with Crippen LogP contribution in [0.1, 0.15) is 27.7 Å². The van der Waals surface area contributed by atoms with Crippen LogP contribution in [-0.2, 0) is 9.59 Å². The molecule has 5 nitrogen and oxygen atoms in total. The molecule has 0 fully saturated rings. The number of likely N-dealkylation sites (N-methyl/N-ethyl adjacent to an activating group) is 1. The monoisotopic (exact) mass is 275 g/mol. The molecule has 106 valence electrons. The smallest absolute Gasteiger partial charge is 0.239 e. The van der Waals surface area contributed by atoms with Crippen LogP contribution in [0.3, 0.4) is 0 Å². The minimum atomic E-state index is -0.114. The molecule has 0 aliphatic heterocycles. The summed E-state index contributed by atoms with van der Waals surface area (Å²) in [4.78, 5) is 25.0. The highest BCUT2D eigenvalue weighted by Gasteiger charge is 2.15. The van der Waals surface area contributed by atoms with Gasteiger partial charge in [-0.15, -0.1) is 0 Å². The number of amides is 2. The van der Waals surface area contributed by atoms with E-state index in [1.165, 1.54) is 11.8 Å². The van der Waals surface area contributed by atoms with Gasteiger partial charge in [-0.2, -0.15) is 11.8 Å². The van der Waals surface area contributed by atoms with E-state index in [4.69, 9.17) is 5.73 Å². The lowest BCUT2D eigenvalue weighted by molar-refractivity contribution is -0.134. The van der Waals surface area contributed by atoms with Gasteiger partial charge in [0, 0.05) is 24.4 Å². The minimum Gasteiger partial charge on any atom is -0.352 e. The standard InChI is InChI=1S/C12H25N3O2S/c1-5-15(6-11(16)14-9(2)3)12(17)8-18-7-10(4)13/h9-10H,5-8,13H2,1-4H3,(H,14,16). The second-order valence-corrected chi connectivity index (χ2v) is 5.65. The Hall–Kier alpha value is -0.750. The summed E-state index contributed by atoms with van der Waals surface area (Å²) in [5.74, 6) is 1.01. The van der Waals surface area contributed by atoms with Crippen molar-refractivity contribution in [3.8, 4) is 0 Å². The Balaban J connectivity index is 4.07. The van der Waals surface area contributed by atoms with Crippen LogP contribution in [0.4, 0.5) is 0 Å². The second kappa shape index (κ2) is 9.22. The van der Waals surface area contributed by atoms with Crippen molar-refractivity contribution in [2.45, 2.75) is 39.8 Å². The zero-order chi connectivity index (χ0) is 14.1. The summed E-state index contributed by atoms with van der Waals surface area (Å²) in [6, 6.07) is 0.181. The van der Waals surface area contributed by atoms with Gasteiger partial charge in [-0.3, -0.25) is 9.59 Å². The van der Waals surface area contributed by atoms with Crippen LogP contribution in [0.15, 0.2) is 0 Å². The fourth-order valence-corrected chi connectivity index (χ4v) is 2.19. The van der Waals surface area contributed by atoms with Gasteiger partial charge in [0.25, 0.3) is 0 Å². The molecule has 18 heavy (non-hydrogen) atoms. The van der Waals surface area contributed by atoms with Gasteiger partial charge in [-0.25, -0.2) is 0 Å². The fraction of sp³-hybridized carbons (Fsp3) is 0.833. The summed E-state index contributed by atoms with van der Waals surface area (Å²) < 4.78 is 0. The third kappa shape index (κ3) is 8.36. The lowest BCUT2D eigenvalue weighted by atomic mass is 10.3. The average Bonchev–Trinajstić information content (AvgIpc) is 2.24. The Morgan fingerprint density at radius 1 is 1.33 bits per heavy atom. The molecule has 0 bridgehead atoms. The summed E-state index contributed by atoms with van der Waals surface area (Å²) in [5.41, 5.74) is 5.61. The van der Waals surface area contributed by atoms with Gasteiger partial charge in [-0.1, -0.05) is 0 Å². The molecule has 6 heteroatoms. The number of rotatable bonds is 8. The lowest BCUT2D eigenvalue weighted by Crippen LogP contribution is -2.43. The highest BCUT2D eigenvalue weighted by molar-refractivity contribution is 7.99. The SMILES string of the molecule is CCN(CC(=O)NC(C)C)C(=O)CSCC(C)N. The Kier molecular flexibility index (Phi) is 8.83. The number of carbonyl (C=O) groups is 2. The molecule has 0 aromatic heterocycles. The largest absolute Gasteiger partial charge is 0.352 e. The van der Waals surface area contributed by atoms with Crippen LogP contribution in [0.2, 0.25) is 0 Å². The molecule has 1 atom stereocenters. The Morgan fingerprint density at radius 3 is 2.39 bits per heavy atom. The van der Waals surface area contributed by atoms with E-state index < -0.39 is 0 Å². The number of nitrogens with two attached hydrogens (primary N) is 1. The number of nitrogens with zero attached hydrogens (tertiary/aromatic N) is 1. The van der Waals surface area contributed by atoms with Crippen LogP contribution < -0.4 is 11.1 Å². The first-order valence-electron chi connectivity index (χ1n) is 6.27. The molecule has 2 amide bonds. The molecule has 0 saturated heterocycles. The summed E-state index contributed by atoms with van der Waals surface area (Å²) in [7, 11) is 0. The first-order valence-corrected chi connectivity index (χ1v) is 7.42. The molecule has 0 saturated carbocycles. The van der Waals surface area contributed by atoms with E-state index in [2.05, 4.69) is 5.32 Å². The molecular formula is C12H25N3O2S. The maximum absolute atomic E-state index is 11.9. The highest BCUT2D eigenvalue weighted by atomic mass is 32.2. The van der Waals surface area contributed by atoms with Gasteiger partial charge in [0.15, 0.2) is 0 Å². The second-order valence-electron chi connectivity index (χ2n) is 4.62. The molecule has 0 aliphatic rings.